The molecule has 2 nitrogen and oxygen atoms in total. The van der Waals surface area contributed by atoms with Gasteiger partial charge in [-0.15, -0.1) is 0 Å². The van der Waals surface area contributed by atoms with Gasteiger partial charge in [-0.1, -0.05) is 60.1 Å². The van der Waals surface area contributed by atoms with E-state index in [1.807, 2.05) is 24.3 Å². The average molecular weight is 339 g/mol. The Kier molecular flexibility index (Phi) is 4.42. The fourth-order valence-electron chi connectivity index (χ4n) is 3.12. The van der Waals surface area contributed by atoms with Crippen molar-refractivity contribution in [2.24, 2.45) is 0 Å². The van der Waals surface area contributed by atoms with Crippen molar-refractivity contribution in [3.8, 4) is 5.75 Å². The van der Waals surface area contributed by atoms with Crippen LogP contribution in [0.15, 0.2) is 60.7 Å². The van der Waals surface area contributed by atoms with Crippen LogP contribution in [0.3, 0.4) is 0 Å². The molecule has 0 aliphatic carbocycles. The quantitative estimate of drug-likeness (QED) is 0.646. The number of fused-ring (bicyclic) bond motifs is 1. The van der Waals surface area contributed by atoms with Crippen molar-refractivity contribution in [1.82, 2.24) is 0 Å². The zero-order valence-electron chi connectivity index (χ0n) is 13.4. The van der Waals surface area contributed by atoms with Gasteiger partial charge in [-0.05, 0) is 35.1 Å². The highest BCUT2D eigenvalue weighted by Gasteiger charge is 2.17. The molecule has 0 aromatic heterocycles. The van der Waals surface area contributed by atoms with Crippen LogP contribution in [-0.2, 0) is 11.2 Å². The highest BCUT2D eigenvalue weighted by molar-refractivity contribution is 6.36. The third-order valence-corrected chi connectivity index (χ3v) is 4.90. The third kappa shape index (κ3) is 3.26. The molecule has 1 aliphatic heterocycles. The van der Waals surface area contributed by atoms with Crippen LogP contribution in [0.25, 0.3) is 10.8 Å². The van der Waals surface area contributed by atoms with Gasteiger partial charge < -0.3 is 9.47 Å². The lowest BCUT2D eigenvalue weighted by molar-refractivity contribution is 0.141. The lowest BCUT2D eigenvalue weighted by Crippen LogP contribution is -2.15. The van der Waals surface area contributed by atoms with Crippen molar-refractivity contribution < 1.29 is 9.47 Å². The zero-order valence-corrected chi connectivity index (χ0v) is 14.1. The summed E-state index contributed by atoms with van der Waals surface area (Å²) in [6, 6.07) is 20.7. The van der Waals surface area contributed by atoms with Gasteiger partial charge in [0.25, 0.3) is 0 Å². The molecule has 0 amide bonds. The Labute approximate surface area is 147 Å². The molecule has 122 valence electrons. The van der Waals surface area contributed by atoms with E-state index in [1.54, 1.807) is 0 Å². The van der Waals surface area contributed by atoms with Crippen molar-refractivity contribution in [3.05, 3.63) is 76.8 Å². The Morgan fingerprint density at radius 3 is 2.62 bits per heavy atom. The molecular formula is C21H19ClO2. The van der Waals surface area contributed by atoms with Crippen molar-refractivity contribution >= 4 is 22.4 Å². The van der Waals surface area contributed by atoms with Crippen molar-refractivity contribution in [3.63, 3.8) is 0 Å². The van der Waals surface area contributed by atoms with E-state index < -0.39 is 0 Å². The van der Waals surface area contributed by atoms with Crippen molar-refractivity contribution in [2.45, 2.75) is 18.9 Å². The smallest absolute Gasteiger partial charge is 0.124 e. The molecule has 0 N–H and O–H groups in total. The second-order valence-corrected chi connectivity index (χ2v) is 6.56. The van der Waals surface area contributed by atoms with E-state index in [9.17, 15) is 0 Å². The van der Waals surface area contributed by atoms with Crippen LogP contribution in [0.4, 0.5) is 0 Å². The van der Waals surface area contributed by atoms with Crippen LogP contribution in [0.2, 0.25) is 5.02 Å². The van der Waals surface area contributed by atoms with Crippen LogP contribution in [0.1, 0.15) is 17.5 Å². The first-order valence-electron chi connectivity index (χ1n) is 8.29. The molecular weight excluding hydrogens is 320 g/mol. The van der Waals surface area contributed by atoms with E-state index >= 15 is 0 Å². The number of benzene rings is 3. The van der Waals surface area contributed by atoms with Gasteiger partial charge in [-0.2, -0.15) is 0 Å². The summed E-state index contributed by atoms with van der Waals surface area (Å²) in [5, 5.41) is 3.13. The van der Waals surface area contributed by atoms with Crippen LogP contribution < -0.4 is 4.74 Å². The average Bonchev–Trinajstić information content (AvgIpc) is 3.12. The second-order valence-electron chi connectivity index (χ2n) is 6.18. The Bertz CT molecular complexity index is 836. The standard InChI is InChI=1S/C21H19ClO2/c22-21-17(8-7-16-3-1-2-4-20(16)21)13-15-5-9-18(10-6-15)24-19-11-12-23-14-19/h1-10,19H,11-14H2/t19-/m0/s1. The molecule has 4 rings (SSSR count). The predicted molar refractivity (Wildman–Crippen MR) is 98.1 cm³/mol. The first kappa shape index (κ1) is 15.5. The van der Waals surface area contributed by atoms with Crippen LogP contribution in [0, 0.1) is 0 Å². The minimum absolute atomic E-state index is 0.186. The normalized spacial score (nSPS) is 17.3. The van der Waals surface area contributed by atoms with Crippen LogP contribution in [-0.4, -0.2) is 19.3 Å². The molecule has 3 heteroatoms. The van der Waals surface area contributed by atoms with E-state index in [0.29, 0.717) is 6.61 Å². The van der Waals surface area contributed by atoms with Crippen LogP contribution in [0.5, 0.6) is 5.75 Å². The van der Waals surface area contributed by atoms with Gasteiger partial charge in [0.15, 0.2) is 0 Å². The fraction of sp³-hybridized carbons (Fsp3) is 0.238. The predicted octanol–water partition coefficient (Wildman–Crippen LogP) is 5.25. The first-order valence-corrected chi connectivity index (χ1v) is 8.67. The Morgan fingerprint density at radius 2 is 1.83 bits per heavy atom. The molecule has 1 fully saturated rings. The van der Waals surface area contributed by atoms with Crippen molar-refractivity contribution in [1.29, 1.82) is 0 Å². The van der Waals surface area contributed by atoms with E-state index in [2.05, 4.69) is 36.4 Å². The maximum Gasteiger partial charge on any atom is 0.124 e. The molecule has 0 radical (unpaired) electrons. The molecule has 1 aliphatic rings. The highest BCUT2D eigenvalue weighted by Crippen LogP contribution is 2.29. The van der Waals surface area contributed by atoms with Crippen molar-refractivity contribution in [2.75, 3.05) is 13.2 Å². The number of ether oxygens (including phenoxy) is 2. The van der Waals surface area contributed by atoms with Gasteiger partial charge in [0, 0.05) is 11.8 Å². The highest BCUT2D eigenvalue weighted by atomic mass is 35.5. The summed E-state index contributed by atoms with van der Waals surface area (Å²) in [7, 11) is 0. The molecule has 3 aromatic carbocycles. The molecule has 24 heavy (non-hydrogen) atoms. The number of halogens is 1. The topological polar surface area (TPSA) is 18.5 Å². The minimum Gasteiger partial charge on any atom is -0.488 e. The molecule has 1 saturated heterocycles. The first-order chi connectivity index (χ1) is 11.8. The Hall–Kier alpha value is -2.03. The maximum absolute atomic E-state index is 6.60. The van der Waals surface area contributed by atoms with Gasteiger partial charge in [0.2, 0.25) is 0 Å². The Balaban J connectivity index is 1.51. The molecule has 0 spiro atoms. The van der Waals surface area contributed by atoms with Gasteiger partial charge in [0.1, 0.15) is 11.9 Å². The van der Waals surface area contributed by atoms with E-state index in [-0.39, 0.29) is 6.10 Å². The summed E-state index contributed by atoms with van der Waals surface area (Å²) in [6.07, 6.45) is 1.97. The number of hydrogen-bond donors (Lipinski definition) is 0. The monoisotopic (exact) mass is 338 g/mol. The molecule has 1 atom stereocenters. The van der Waals surface area contributed by atoms with E-state index in [4.69, 9.17) is 21.1 Å². The summed E-state index contributed by atoms with van der Waals surface area (Å²) in [5.41, 5.74) is 2.37. The fourth-order valence-corrected chi connectivity index (χ4v) is 3.42. The third-order valence-electron chi connectivity index (χ3n) is 4.45. The van der Waals surface area contributed by atoms with Gasteiger partial charge in [-0.3, -0.25) is 0 Å². The SMILES string of the molecule is Clc1c(Cc2ccc(O[C@H]3CCOC3)cc2)ccc2ccccc12. The van der Waals surface area contributed by atoms with Gasteiger partial charge in [-0.25, -0.2) is 0 Å². The summed E-state index contributed by atoms with van der Waals surface area (Å²) in [6.45, 7) is 1.48. The summed E-state index contributed by atoms with van der Waals surface area (Å²) in [5.74, 6) is 0.902. The largest absolute Gasteiger partial charge is 0.488 e. The molecule has 0 unspecified atom stereocenters. The maximum atomic E-state index is 6.60. The van der Waals surface area contributed by atoms with Gasteiger partial charge >= 0.3 is 0 Å². The lowest BCUT2D eigenvalue weighted by Gasteiger charge is -2.12. The second kappa shape index (κ2) is 6.84. The number of hydrogen-bond acceptors (Lipinski definition) is 2. The summed E-state index contributed by atoms with van der Waals surface area (Å²) < 4.78 is 11.3. The van der Waals surface area contributed by atoms with E-state index in [0.717, 1.165) is 41.2 Å². The van der Waals surface area contributed by atoms with Gasteiger partial charge in [0.05, 0.1) is 18.2 Å². The number of rotatable bonds is 4. The molecule has 3 aromatic rings. The van der Waals surface area contributed by atoms with Crippen LogP contribution >= 0.6 is 11.6 Å². The summed E-state index contributed by atoms with van der Waals surface area (Å²) in [4.78, 5) is 0. The lowest BCUT2D eigenvalue weighted by atomic mass is 10.0. The van der Waals surface area contributed by atoms with E-state index in [1.165, 1.54) is 10.9 Å². The summed E-state index contributed by atoms with van der Waals surface area (Å²) >= 11 is 6.60. The Morgan fingerprint density at radius 1 is 1.00 bits per heavy atom. The zero-order chi connectivity index (χ0) is 16.4. The molecule has 1 heterocycles. The minimum atomic E-state index is 0.186. The molecule has 0 saturated carbocycles. The molecule has 0 bridgehead atoms.